The predicted molar refractivity (Wildman–Crippen MR) is 54.8 cm³/mol. The minimum Gasteiger partial charge on any atom is -0.393 e. The van der Waals surface area contributed by atoms with Crippen molar-refractivity contribution in [3.63, 3.8) is 0 Å². The summed E-state index contributed by atoms with van der Waals surface area (Å²) in [5.41, 5.74) is -0.241. The van der Waals surface area contributed by atoms with Gasteiger partial charge in [-0.1, -0.05) is 20.8 Å². The van der Waals surface area contributed by atoms with E-state index in [0.717, 1.165) is 19.3 Å². The summed E-state index contributed by atoms with van der Waals surface area (Å²) in [5.74, 6) is 1.26. The largest absolute Gasteiger partial charge is 0.393 e. The molecule has 0 aromatic heterocycles. The van der Waals surface area contributed by atoms with Crippen molar-refractivity contribution in [2.24, 2.45) is 23.2 Å². The topological polar surface area (TPSA) is 37.3 Å². The predicted octanol–water partition coefficient (Wildman–Crippen LogP) is 2.01. The molecule has 2 rings (SSSR count). The number of aliphatic hydroxyl groups is 1. The summed E-state index contributed by atoms with van der Waals surface area (Å²) < 4.78 is 0. The Balaban J connectivity index is 2.17. The van der Waals surface area contributed by atoms with Crippen molar-refractivity contribution >= 4 is 5.78 Å². The number of ketones is 1. The number of carbonyl (C=O) groups is 1. The first-order valence-corrected chi connectivity index (χ1v) is 5.63. The summed E-state index contributed by atoms with van der Waals surface area (Å²) >= 11 is 0. The molecule has 0 amide bonds. The maximum atomic E-state index is 12.2. The minimum absolute atomic E-state index is 0.157. The summed E-state index contributed by atoms with van der Waals surface area (Å²) in [7, 11) is 0. The van der Waals surface area contributed by atoms with Gasteiger partial charge in [0.05, 0.1) is 6.10 Å². The molecule has 4 atom stereocenters. The molecule has 0 saturated heterocycles. The number of fused-ring (bicyclic) bond motifs is 2. The molecule has 1 N–H and O–H groups in total. The SMILES string of the molecule is CC(C)(C)C(=O)[C@H]1[C@H]2CC[C@@H]1[C@@H](O)C2. The monoisotopic (exact) mass is 196 g/mol. The van der Waals surface area contributed by atoms with Crippen LogP contribution in [0.15, 0.2) is 0 Å². The van der Waals surface area contributed by atoms with E-state index < -0.39 is 0 Å². The summed E-state index contributed by atoms with van der Waals surface area (Å²) in [6.45, 7) is 5.96. The fourth-order valence-electron chi connectivity index (χ4n) is 3.20. The van der Waals surface area contributed by atoms with E-state index in [2.05, 4.69) is 0 Å². The molecule has 2 saturated carbocycles. The van der Waals surface area contributed by atoms with Crippen LogP contribution in [0.2, 0.25) is 0 Å². The van der Waals surface area contributed by atoms with Crippen molar-refractivity contribution in [2.45, 2.75) is 46.1 Å². The van der Waals surface area contributed by atoms with Gasteiger partial charge < -0.3 is 5.11 Å². The van der Waals surface area contributed by atoms with Gasteiger partial charge in [0, 0.05) is 11.3 Å². The van der Waals surface area contributed by atoms with Gasteiger partial charge in [0.25, 0.3) is 0 Å². The maximum Gasteiger partial charge on any atom is 0.141 e. The highest BCUT2D eigenvalue weighted by atomic mass is 16.3. The Labute approximate surface area is 85.7 Å². The highest BCUT2D eigenvalue weighted by Gasteiger charge is 2.52. The molecule has 0 heterocycles. The van der Waals surface area contributed by atoms with Crippen molar-refractivity contribution in [1.29, 1.82) is 0 Å². The number of aliphatic hydroxyl groups excluding tert-OH is 1. The van der Waals surface area contributed by atoms with Crippen molar-refractivity contribution in [3.05, 3.63) is 0 Å². The summed E-state index contributed by atoms with van der Waals surface area (Å²) in [6, 6.07) is 0. The van der Waals surface area contributed by atoms with Gasteiger partial charge in [0.2, 0.25) is 0 Å². The lowest BCUT2D eigenvalue weighted by Gasteiger charge is -2.24. The molecule has 80 valence electrons. The zero-order chi connectivity index (χ0) is 10.5. The highest BCUT2D eigenvalue weighted by Crippen LogP contribution is 2.51. The Kier molecular flexibility index (Phi) is 2.22. The molecule has 2 heteroatoms. The van der Waals surface area contributed by atoms with Gasteiger partial charge in [-0.05, 0) is 31.1 Å². The molecule has 2 bridgehead atoms. The first-order chi connectivity index (χ1) is 6.41. The van der Waals surface area contributed by atoms with Crippen molar-refractivity contribution < 1.29 is 9.90 Å². The Hall–Kier alpha value is -0.370. The highest BCUT2D eigenvalue weighted by molar-refractivity contribution is 5.87. The zero-order valence-corrected chi connectivity index (χ0v) is 9.29. The van der Waals surface area contributed by atoms with Crippen LogP contribution < -0.4 is 0 Å². The van der Waals surface area contributed by atoms with E-state index >= 15 is 0 Å². The van der Waals surface area contributed by atoms with Gasteiger partial charge in [0.1, 0.15) is 5.78 Å². The van der Waals surface area contributed by atoms with E-state index in [1.807, 2.05) is 20.8 Å². The third-order valence-corrected chi connectivity index (χ3v) is 3.92. The number of carbonyl (C=O) groups excluding carboxylic acids is 1. The lowest BCUT2D eigenvalue weighted by atomic mass is 9.78. The van der Waals surface area contributed by atoms with Crippen molar-refractivity contribution in [1.82, 2.24) is 0 Å². The first kappa shape index (κ1) is 10.2. The summed E-state index contributed by atoms with van der Waals surface area (Å²) in [6.07, 6.45) is 2.86. The minimum atomic E-state index is -0.241. The van der Waals surface area contributed by atoms with E-state index in [-0.39, 0.29) is 23.4 Å². The lowest BCUT2D eigenvalue weighted by Crippen LogP contribution is -2.32. The molecule has 2 aliphatic rings. The number of hydrogen-bond donors (Lipinski definition) is 1. The zero-order valence-electron chi connectivity index (χ0n) is 9.29. The van der Waals surface area contributed by atoms with E-state index in [4.69, 9.17) is 0 Å². The quantitative estimate of drug-likeness (QED) is 0.696. The van der Waals surface area contributed by atoms with Crippen LogP contribution in [0.5, 0.6) is 0 Å². The van der Waals surface area contributed by atoms with E-state index in [1.54, 1.807) is 0 Å². The second-order valence-corrected chi connectivity index (χ2v) is 5.94. The lowest BCUT2D eigenvalue weighted by molar-refractivity contribution is -0.132. The van der Waals surface area contributed by atoms with Gasteiger partial charge in [0.15, 0.2) is 0 Å². The molecule has 2 aliphatic carbocycles. The molecular formula is C12H20O2. The van der Waals surface area contributed by atoms with Crippen LogP contribution in [-0.4, -0.2) is 17.0 Å². The Bertz CT molecular complexity index is 252. The van der Waals surface area contributed by atoms with E-state index in [9.17, 15) is 9.90 Å². The van der Waals surface area contributed by atoms with Gasteiger partial charge in [-0.15, -0.1) is 0 Å². The smallest absolute Gasteiger partial charge is 0.141 e. The molecule has 2 nitrogen and oxygen atoms in total. The number of rotatable bonds is 1. The average Bonchev–Trinajstić information content (AvgIpc) is 2.56. The molecule has 0 aliphatic heterocycles. The Morgan fingerprint density at radius 3 is 2.29 bits per heavy atom. The van der Waals surface area contributed by atoms with Crippen LogP contribution in [0.1, 0.15) is 40.0 Å². The standard InChI is InChI=1S/C12H20O2/c1-12(2,3)11(14)10-7-4-5-8(10)9(13)6-7/h7-10,13H,4-6H2,1-3H3/t7-,8+,9-,10-/m0/s1. The normalized spacial score (nSPS) is 41.7. The van der Waals surface area contributed by atoms with Gasteiger partial charge in [-0.2, -0.15) is 0 Å². The van der Waals surface area contributed by atoms with Crippen molar-refractivity contribution in [3.8, 4) is 0 Å². The van der Waals surface area contributed by atoms with Gasteiger partial charge >= 0.3 is 0 Å². The molecule has 2 fully saturated rings. The summed E-state index contributed by atoms with van der Waals surface area (Å²) in [5, 5.41) is 9.75. The second kappa shape index (κ2) is 3.06. The molecule has 0 unspecified atom stereocenters. The maximum absolute atomic E-state index is 12.2. The fourth-order valence-corrected chi connectivity index (χ4v) is 3.20. The van der Waals surface area contributed by atoms with Crippen LogP contribution >= 0.6 is 0 Å². The Morgan fingerprint density at radius 1 is 1.29 bits per heavy atom. The number of Topliss-reactive ketones (excluding diaryl/α,β-unsaturated/α-hetero) is 1. The van der Waals surface area contributed by atoms with E-state index in [1.165, 1.54) is 0 Å². The summed E-state index contributed by atoms with van der Waals surface area (Å²) in [4.78, 5) is 12.2. The van der Waals surface area contributed by atoms with Crippen LogP contribution in [0.4, 0.5) is 0 Å². The third-order valence-electron chi connectivity index (χ3n) is 3.92. The second-order valence-electron chi connectivity index (χ2n) is 5.94. The van der Waals surface area contributed by atoms with Crippen LogP contribution in [0.3, 0.4) is 0 Å². The van der Waals surface area contributed by atoms with Gasteiger partial charge in [-0.25, -0.2) is 0 Å². The molecule has 0 aromatic rings. The van der Waals surface area contributed by atoms with Crippen LogP contribution in [-0.2, 0) is 4.79 Å². The molecule has 14 heavy (non-hydrogen) atoms. The van der Waals surface area contributed by atoms with Crippen LogP contribution in [0.25, 0.3) is 0 Å². The van der Waals surface area contributed by atoms with Crippen molar-refractivity contribution in [2.75, 3.05) is 0 Å². The molecule has 0 aromatic carbocycles. The molecule has 0 radical (unpaired) electrons. The molecule has 0 spiro atoms. The average molecular weight is 196 g/mol. The third kappa shape index (κ3) is 1.40. The fraction of sp³-hybridized carbons (Fsp3) is 0.917. The molecular weight excluding hydrogens is 176 g/mol. The first-order valence-electron chi connectivity index (χ1n) is 5.63. The Morgan fingerprint density at radius 2 is 1.93 bits per heavy atom. The van der Waals surface area contributed by atoms with E-state index in [0.29, 0.717) is 11.7 Å². The van der Waals surface area contributed by atoms with Crippen LogP contribution in [0, 0.1) is 23.2 Å². The number of hydrogen-bond acceptors (Lipinski definition) is 2. The van der Waals surface area contributed by atoms with Gasteiger partial charge in [-0.3, -0.25) is 4.79 Å².